The fourth-order valence-electron chi connectivity index (χ4n) is 1.97. The molecule has 0 radical (unpaired) electrons. The van der Waals surface area contributed by atoms with Gasteiger partial charge in [0, 0.05) is 24.5 Å². The van der Waals surface area contributed by atoms with Gasteiger partial charge in [-0.2, -0.15) is 5.10 Å². The van der Waals surface area contributed by atoms with Gasteiger partial charge >= 0.3 is 0 Å². The number of halogens is 2. The Labute approximate surface area is 132 Å². The van der Waals surface area contributed by atoms with Crippen LogP contribution in [-0.4, -0.2) is 22.4 Å². The third kappa shape index (κ3) is 3.75. The Morgan fingerprint density at radius 2 is 2.25 bits per heavy atom. The molecule has 2 rings (SSSR count). The van der Waals surface area contributed by atoms with E-state index in [9.17, 15) is 0 Å². The topological polar surface area (TPSA) is 53.1 Å². The molecule has 1 aromatic carbocycles. The van der Waals surface area contributed by atoms with Crippen LogP contribution in [-0.2, 0) is 13.5 Å². The molecule has 0 amide bonds. The van der Waals surface area contributed by atoms with E-state index in [-0.39, 0.29) is 6.04 Å². The number of nitrogens with two attached hydrogens (primary N) is 1. The number of hydrogen-bond donors (Lipinski definition) is 1. The predicted molar refractivity (Wildman–Crippen MR) is 84.3 cm³/mol. The van der Waals surface area contributed by atoms with Crippen molar-refractivity contribution in [1.29, 1.82) is 0 Å². The van der Waals surface area contributed by atoms with Crippen LogP contribution in [0.1, 0.15) is 11.4 Å². The summed E-state index contributed by atoms with van der Waals surface area (Å²) in [6.45, 7) is 2.39. The molecule has 20 heavy (non-hydrogen) atoms. The van der Waals surface area contributed by atoms with Crippen molar-refractivity contribution in [2.45, 2.75) is 19.4 Å². The van der Waals surface area contributed by atoms with Gasteiger partial charge in [-0.15, -0.1) is 0 Å². The Hall–Kier alpha value is -1.04. The molecule has 1 heterocycles. The van der Waals surface area contributed by atoms with Gasteiger partial charge in [0.05, 0.1) is 15.9 Å². The van der Waals surface area contributed by atoms with Crippen LogP contribution < -0.4 is 10.5 Å². The lowest BCUT2D eigenvalue weighted by Crippen LogP contribution is -2.31. The van der Waals surface area contributed by atoms with Gasteiger partial charge in [0.2, 0.25) is 0 Å². The number of benzene rings is 1. The van der Waals surface area contributed by atoms with Crippen LogP contribution in [0.5, 0.6) is 5.75 Å². The van der Waals surface area contributed by atoms with Crippen LogP contribution in [0.15, 0.2) is 28.7 Å². The normalized spacial score (nSPS) is 12.4. The Morgan fingerprint density at radius 1 is 1.50 bits per heavy atom. The van der Waals surface area contributed by atoms with Crippen molar-refractivity contribution in [2.24, 2.45) is 12.8 Å². The van der Waals surface area contributed by atoms with E-state index in [0.29, 0.717) is 18.1 Å². The maximum Gasteiger partial charge on any atom is 0.120 e. The number of aryl methyl sites for hydroxylation is 2. The first-order valence-corrected chi connectivity index (χ1v) is 7.46. The highest BCUT2D eigenvalue weighted by atomic mass is 79.9. The molecule has 0 bridgehead atoms. The van der Waals surface area contributed by atoms with Crippen LogP contribution in [0.4, 0.5) is 0 Å². The van der Waals surface area contributed by atoms with E-state index in [0.717, 1.165) is 21.6 Å². The third-order valence-electron chi connectivity index (χ3n) is 2.98. The molecular formula is C14H17BrClN3O. The van der Waals surface area contributed by atoms with Crippen molar-refractivity contribution in [2.75, 3.05) is 6.61 Å². The van der Waals surface area contributed by atoms with Gasteiger partial charge in [-0.1, -0.05) is 17.7 Å². The van der Waals surface area contributed by atoms with Gasteiger partial charge in [-0.05, 0) is 41.1 Å². The van der Waals surface area contributed by atoms with Crippen molar-refractivity contribution in [3.05, 3.63) is 45.1 Å². The Morgan fingerprint density at radius 3 is 2.85 bits per heavy atom. The summed E-state index contributed by atoms with van der Waals surface area (Å²) >= 11 is 9.44. The van der Waals surface area contributed by atoms with E-state index in [1.165, 1.54) is 0 Å². The van der Waals surface area contributed by atoms with E-state index in [4.69, 9.17) is 22.1 Å². The van der Waals surface area contributed by atoms with Crippen LogP contribution in [0.3, 0.4) is 0 Å². The number of rotatable bonds is 5. The zero-order valence-electron chi connectivity index (χ0n) is 11.4. The molecule has 6 heteroatoms. The summed E-state index contributed by atoms with van der Waals surface area (Å²) in [5, 5.41) is 5.00. The maximum atomic E-state index is 6.12. The summed E-state index contributed by atoms with van der Waals surface area (Å²) in [6, 6.07) is 7.19. The van der Waals surface area contributed by atoms with E-state index in [1.807, 2.05) is 36.9 Å². The van der Waals surface area contributed by atoms with Crippen molar-refractivity contribution in [3.8, 4) is 5.75 Å². The minimum absolute atomic E-state index is 0.111. The molecule has 2 aromatic rings. The first-order valence-electron chi connectivity index (χ1n) is 6.29. The molecule has 108 valence electrons. The number of ether oxygens (including phenoxy) is 1. The second-order valence-electron chi connectivity index (χ2n) is 4.70. The SMILES string of the molecule is Cc1nn(C)c(CC(N)COc2cccc(Cl)c2)c1Br. The first-order chi connectivity index (χ1) is 9.47. The van der Waals surface area contributed by atoms with Gasteiger partial charge in [-0.3, -0.25) is 4.68 Å². The second kappa shape index (κ2) is 6.61. The van der Waals surface area contributed by atoms with Crippen molar-refractivity contribution >= 4 is 27.5 Å². The van der Waals surface area contributed by atoms with E-state index in [2.05, 4.69) is 21.0 Å². The average molecular weight is 359 g/mol. The summed E-state index contributed by atoms with van der Waals surface area (Å²) in [7, 11) is 1.91. The van der Waals surface area contributed by atoms with Crippen molar-refractivity contribution in [3.63, 3.8) is 0 Å². The zero-order chi connectivity index (χ0) is 14.7. The molecule has 0 aliphatic rings. The van der Waals surface area contributed by atoms with Crippen LogP contribution in [0, 0.1) is 6.92 Å². The first kappa shape index (κ1) is 15.4. The van der Waals surface area contributed by atoms with Crippen molar-refractivity contribution in [1.82, 2.24) is 9.78 Å². The zero-order valence-corrected chi connectivity index (χ0v) is 13.8. The molecule has 1 aromatic heterocycles. The maximum absolute atomic E-state index is 6.12. The van der Waals surface area contributed by atoms with Crippen LogP contribution >= 0.6 is 27.5 Å². The van der Waals surface area contributed by atoms with Crippen molar-refractivity contribution < 1.29 is 4.74 Å². The predicted octanol–water partition coefficient (Wildman–Crippen LogP) is 3.09. The molecule has 0 spiro atoms. The number of nitrogens with zero attached hydrogens (tertiary/aromatic N) is 2. The Bertz CT molecular complexity index is 600. The molecule has 0 fully saturated rings. The third-order valence-corrected chi connectivity index (χ3v) is 4.24. The minimum Gasteiger partial charge on any atom is -0.492 e. The molecule has 1 unspecified atom stereocenters. The van der Waals surface area contributed by atoms with E-state index in [1.54, 1.807) is 6.07 Å². The molecule has 1 atom stereocenters. The van der Waals surface area contributed by atoms with Gasteiger partial charge in [0.1, 0.15) is 12.4 Å². The quantitative estimate of drug-likeness (QED) is 0.893. The molecule has 2 N–H and O–H groups in total. The standard InChI is InChI=1S/C14H17BrClN3O/c1-9-14(15)13(19(2)18-9)7-11(17)8-20-12-5-3-4-10(16)6-12/h3-6,11H,7-8,17H2,1-2H3. The summed E-state index contributed by atoms with van der Waals surface area (Å²) in [5.74, 6) is 0.730. The lowest BCUT2D eigenvalue weighted by molar-refractivity contribution is 0.286. The molecule has 4 nitrogen and oxygen atoms in total. The molecule has 0 saturated carbocycles. The number of aromatic nitrogens is 2. The van der Waals surface area contributed by atoms with Crippen LogP contribution in [0.25, 0.3) is 0 Å². The Balaban J connectivity index is 1.94. The lowest BCUT2D eigenvalue weighted by Gasteiger charge is -2.14. The summed E-state index contributed by atoms with van der Waals surface area (Å²) in [4.78, 5) is 0. The highest BCUT2D eigenvalue weighted by molar-refractivity contribution is 9.10. The van der Waals surface area contributed by atoms with Gasteiger partial charge < -0.3 is 10.5 Å². The van der Waals surface area contributed by atoms with Gasteiger partial charge in [0.25, 0.3) is 0 Å². The fraction of sp³-hybridized carbons (Fsp3) is 0.357. The fourth-order valence-corrected chi connectivity index (χ4v) is 2.65. The second-order valence-corrected chi connectivity index (χ2v) is 5.93. The molecule has 0 aliphatic carbocycles. The van der Waals surface area contributed by atoms with E-state index >= 15 is 0 Å². The van der Waals surface area contributed by atoms with E-state index < -0.39 is 0 Å². The Kier molecular flexibility index (Phi) is 5.07. The summed E-state index contributed by atoms with van der Waals surface area (Å²) in [6.07, 6.45) is 0.693. The molecular weight excluding hydrogens is 342 g/mol. The monoisotopic (exact) mass is 357 g/mol. The minimum atomic E-state index is -0.111. The smallest absolute Gasteiger partial charge is 0.120 e. The van der Waals surface area contributed by atoms with Crippen LogP contribution in [0.2, 0.25) is 5.02 Å². The highest BCUT2D eigenvalue weighted by Gasteiger charge is 2.14. The average Bonchev–Trinajstić information content (AvgIpc) is 2.63. The lowest BCUT2D eigenvalue weighted by atomic mass is 10.1. The summed E-state index contributed by atoms with van der Waals surface area (Å²) < 4.78 is 8.51. The number of hydrogen-bond acceptors (Lipinski definition) is 3. The molecule has 0 saturated heterocycles. The van der Waals surface area contributed by atoms with Gasteiger partial charge in [-0.25, -0.2) is 0 Å². The summed E-state index contributed by atoms with van der Waals surface area (Å²) in [5.41, 5.74) is 8.16. The van der Waals surface area contributed by atoms with Gasteiger partial charge in [0.15, 0.2) is 0 Å². The molecule has 0 aliphatic heterocycles. The highest BCUT2D eigenvalue weighted by Crippen LogP contribution is 2.22. The largest absolute Gasteiger partial charge is 0.492 e.